The van der Waals surface area contributed by atoms with Gasteiger partial charge in [0.25, 0.3) is 0 Å². The van der Waals surface area contributed by atoms with Gasteiger partial charge in [-0.15, -0.1) is 0 Å². The Morgan fingerprint density at radius 2 is 1.97 bits per heavy atom. The molecule has 1 aliphatic heterocycles. The molecule has 7 nitrogen and oxygen atoms in total. The van der Waals surface area contributed by atoms with Gasteiger partial charge in [0.2, 0.25) is 5.91 Å². The molecule has 2 atom stereocenters. The summed E-state index contributed by atoms with van der Waals surface area (Å²) in [5, 5.41) is 7.03. The number of anilines is 2. The van der Waals surface area contributed by atoms with Gasteiger partial charge in [0, 0.05) is 42.3 Å². The van der Waals surface area contributed by atoms with E-state index in [9.17, 15) is 4.79 Å². The van der Waals surface area contributed by atoms with Crippen molar-refractivity contribution < 1.29 is 9.53 Å². The second kappa shape index (κ2) is 8.86. The number of ether oxygens (including phenoxy) is 1. The van der Waals surface area contributed by atoms with E-state index in [1.54, 1.807) is 13.3 Å². The minimum Gasteiger partial charge on any atom is -0.494 e. The zero-order chi connectivity index (χ0) is 23.8. The summed E-state index contributed by atoms with van der Waals surface area (Å²) in [6, 6.07) is 15.5. The molecule has 2 aromatic heterocycles. The zero-order valence-electron chi connectivity index (χ0n) is 19.5. The first-order chi connectivity index (χ1) is 15.7. The average Bonchev–Trinajstić information content (AvgIpc) is 3.36. The van der Waals surface area contributed by atoms with Crippen molar-refractivity contribution in [1.29, 1.82) is 0 Å². The van der Waals surface area contributed by atoms with E-state index in [0.29, 0.717) is 16.5 Å². The fraction of sp³-hybridized carbons (Fsp3) is 0.320. The Labute approximate surface area is 199 Å². The van der Waals surface area contributed by atoms with Crippen molar-refractivity contribution in [3.63, 3.8) is 0 Å². The Balaban J connectivity index is 1.75. The minimum absolute atomic E-state index is 0.0798. The predicted octanol–water partition coefficient (Wildman–Crippen LogP) is 4.59. The van der Waals surface area contributed by atoms with Gasteiger partial charge >= 0.3 is 0 Å². The number of amides is 1. The third kappa shape index (κ3) is 4.43. The SMILES string of the molecule is COc1cc(N2C(=S)N[C@H](c3ccccn3)[C@H]2c2cccn2C)ccc1NC(=O)C(C)(C)C. The molecule has 1 aliphatic rings. The van der Waals surface area contributed by atoms with Crippen LogP contribution in [0, 0.1) is 5.41 Å². The third-order valence-electron chi connectivity index (χ3n) is 5.78. The number of hydrogen-bond acceptors (Lipinski definition) is 4. The number of hydrogen-bond donors (Lipinski definition) is 2. The number of nitrogens with one attached hydrogen (secondary N) is 2. The summed E-state index contributed by atoms with van der Waals surface area (Å²) in [4.78, 5) is 19.2. The second-order valence-corrected chi connectivity index (χ2v) is 9.52. The summed E-state index contributed by atoms with van der Waals surface area (Å²) in [5.74, 6) is 0.489. The Morgan fingerprint density at radius 3 is 2.58 bits per heavy atom. The highest BCUT2D eigenvalue weighted by atomic mass is 32.1. The molecule has 1 fully saturated rings. The summed E-state index contributed by atoms with van der Waals surface area (Å²) in [6.45, 7) is 5.62. The van der Waals surface area contributed by atoms with Gasteiger partial charge in [-0.2, -0.15) is 0 Å². The van der Waals surface area contributed by atoms with Crippen molar-refractivity contribution in [2.45, 2.75) is 32.9 Å². The van der Waals surface area contributed by atoms with E-state index in [0.717, 1.165) is 17.1 Å². The van der Waals surface area contributed by atoms with Crippen LogP contribution in [-0.4, -0.2) is 27.7 Å². The molecule has 1 aromatic carbocycles. The molecule has 0 unspecified atom stereocenters. The van der Waals surface area contributed by atoms with Gasteiger partial charge in [-0.1, -0.05) is 26.8 Å². The first-order valence-electron chi connectivity index (χ1n) is 10.8. The van der Waals surface area contributed by atoms with Crippen molar-refractivity contribution in [3.05, 3.63) is 72.3 Å². The van der Waals surface area contributed by atoms with E-state index < -0.39 is 5.41 Å². The van der Waals surface area contributed by atoms with Crippen LogP contribution in [0.4, 0.5) is 11.4 Å². The molecule has 3 heterocycles. The molecule has 0 radical (unpaired) electrons. The number of nitrogens with zero attached hydrogens (tertiary/aromatic N) is 3. The number of benzene rings is 1. The Hall–Kier alpha value is -3.39. The molecule has 3 aromatic rings. The lowest BCUT2D eigenvalue weighted by atomic mass is 9.95. The highest BCUT2D eigenvalue weighted by Gasteiger charge is 2.42. The van der Waals surface area contributed by atoms with E-state index in [2.05, 4.69) is 31.2 Å². The molecular weight excluding hydrogens is 434 g/mol. The molecule has 0 saturated carbocycles. The number of methoxy groups -OCH3 is 1. The molecule has 33 heavy (non-hydrogen) atoms. The average molecular weight is 464 g/mol. The van der Waals surface area contributed by atoms with Gasteiger partial charge in [0.15, 0.2) is 5.11 Å². The second-order valence-electron chi connectivity index (χ2n) is 9.13. The molecule has 8 heteroatoms. The lowest BCUT2D eigenvalue weighted by Gasteiger charge is -2.29. The van der Waals surface area contributed by atoms with Crippen LogP contribution >= 0.6 is 12.2 Å². The van der Waals surface area contributed by atoms with Crippen molar-refractivity contribution in [2.75, 3.05) is 17.3 Å². The maximum absolute atomic E-state index is 12.5. The fourth-order valence-corrected chi connectivity index (χ4v) is 4.30. The molecular formula is C25H29N5O2S. The molecule has 4 rings (SSSR count). The smallest absolute Gasteiger partial charge is 0.229 e. The normalized spacial score (nSPS) is 18.2. The fourth-order valence-electron chi connectivity index (χ4n) is 3.96. The number of rotatable bonds is 5. The van der Waals surface area contributed by atoms with Crippen molar-refractivity contribution in [3.8, 4) is 5.75 Å². The van der Waals surface area contributed by atoms with Gasteiger partial charge < -0.3 is 24.8 Å². The van der Waals surface area contributed by atoms with Crippen LogP contribution in [0.2, 0.25) is 0 Å². The monoisotopic (exact) mass is 463 g/mol. The van der Waals surface area contributed by atoms with Crippen LogP contribution in [0.5, 0.6) is 5.75 Å². The molecule has 0 aliphatic carbocycles. The summed E-state index contributed by atoms with van der Waals surface area (Å²) in [6.07, 6.45) is 3.82. The lowest BCUT2D eigenvalue weighted by molar-refractivity contribution is -0.123. The Bertz CT molecular complexity index is 1170. The maximum atomic E-state index is 12.5. The van der Waals surface area contributed by atoms with E-state index in [-0.39, 0.29) is 18.0 Å². The molecule has 2 N–H and O–H groups in total. The standard InChI is InChI=1S/C25H29N5O2S/c1-25(2,3)23(31)27-17-12-11-16(15-20(17)32-5)30-22(19-10-8-14-29(19)4)21(28-24(30)33)18-9-6-7-13-26-18/h6-15,21-22H,1-5H3,(H,27,31)(H,28,33)/t21-,22-/m1/s1. The Kier molecular flexibility index (Phi) is 6.12. The highest BCUT2D eigenvalue weighted by molar-refractivity contribution is 7.80. The van der Waals surface area contributed by atoms with Crippen LogP contribution in [0.15, 0.2) is 60.9 Å². The molecule has 0 bridgehead atoms. The number of aryl methyl sites for hydroxylation is 1. The summed E-state index contributed by atoms with van der Waals surface area (Å²) in [5.41, 5.74) is 2.98. The molecule has 1 amide bonds. The number of thiocarbonyl (C=S) groups is 1. The predicted molar refractivity (Wildman–Crippen MR) is 134 cm³/mol. The van der Waals surface area contributed by atoms with Gasteiger partial charge in [0.1, 0.15) is 11.8 Å². The minimum atomic E-state index is -0.516. The highest BCUT2D eigenvalue weighted by Crippen LogP contribution is 2.43. The van der Waals surface area contributed by atoms with Gasteiger partial charge in [-0.05, 0) is 48.6 Å². The third-order valence-corrected chi connectivity index (χ3v) is 6.09. The largest absolute Gasteiger partial charge is 0.494 e. The summed E-state index contributed by atoms with van der Waals surface area (Å²) in [7, 11) is 3.62. The van der Waals surface area contributed by atoms with Gasteiger partial charge in [0.05, 0.1) is 24.5 Å². The van der Waals surface area contributed by atoms with Crippen LogP contribution < -0.4 is 20.3 Å². The molecule has 0 spiro atoms. The van der Waals surface area contributed by atoms with Crippen LogP contribution in [0.3, 0.4) is 0 Å². The summed E-state index contributed by atoms with van der Waals surface area (Å²) >= 11 is 5.79. The van der Waals surface area contributed by atoms with E-state index >= 15 is 0 Å². The van der Waals surface area contributed by atoms with E-state index in [4.69, 9.17) is 17.0 Å². The molecule has 1 saturated heterocycles. The summed E-state index contributed by atoms with van der Waals surface area (Å²) < 4.78 is 7.73. The van der Waals surface area contributed by atoms with E-state index in [1.807, 2.05) is 76.5 Å². The lowest BCUT2D eigenvalue weighted by Crippen LogP contribution is -2.30. The van der Waals surface area contributed by atoms with Crippen molar-refractivity contribution in [2.24, 2.45) is 12.5 Å². The van der Waals surface area contributed by atoms with Gasteiger partial charge in [-0.3, -0.25) is 9.78 Å². The van der Waals surface area contributed by atoms with E-state index in [1.165, 1.54) is 0 Å². The van der Waals surface area contributed by atoms with Gasteiger partial charge in [-0.25, -0.2) is 0 Å². The number of carbonyl (C=O) groups is 1. The number of pyridine rings is 1. The molecule has 172 valence electrons. The van der Waals surface area contributed by atoms with Crippen LogP contribution in [0.25, 0.3) is 0 Å². The van der Waals surface area contributed by atoms with Crippen molar-refractivity contribution in [1.82, 2.24) is 14.9 Å². The van der Waals surface area contributed by atoms with Crippen molar-refractivity contribution >= 4 is 34.6 Å². The first kappa shape index (κ1) is 22.8. The number of aromatic nitrogens is 2. The van der Waals surface area contributed by atoms with Crippen LogP contribution in [0.1, 0.15) is 44.2 Å². The zero-order valence-corrected chi connectivity index (χ0v) is 20.3. The first-order valence-corrected chi connectivity index (χ1v) is 11.2. The quantitative estimate of drug-likeness (QED) is 0.540. The topological polar surface area (TPSA) is 71.4 Å². The Morgan fingerprint density at radius 1 is 1.18 bits per heavy atom. The maximum Gasteiger partial charge on any atom is 0.229 e. The number of carbonyl (C=O) groups excluding carboxylic acids is 1. The van der Waals surface area contributed by atoms with Crippen LogP contribution in [-0.2, 0) is 11.8 Å².